The molecule has 98 heavy (non-hydrogen) atoms. The highest BCUT2D eigenvalue weighted by Gasteiger charge is 2.35. The summed E-state index contributed by atoms with van der Waals surface area (Å²) >= 11 is 1.54. The van der Waals surface area contributed by atoms with Crippen molar-refractivity contribution in [2.45, 2.75) is 224 Å². The molecule has 4 aromatic rings. The van der Waals surface area contributed by atoms with E-state index in [-0.39, 0.29) is 79.9 Å². The van der Waals surface area contributed by atoms with E-state index in [1.165, 1.54) is 16.4 Å². The number of carbonyl (C=O) groups excluding carboxylic acids is 8. The van der Waals surface area contributed by atoms with Crippen LogP contribution < -0.4 is 42.5 Å². The van der Waals surface area contributed by atoms with Crippen LogP contribution in [-0.4, -0.2) is 158 Å². The van der Waals surface area contributed by atoms with Gasteiger partial charge in [0.2, 0.25) is 35.4 Å². The molecule has 0 aliphatic heterocycles. The Kier molecular flexibility index (Phi) is 39.3. The Morgan fingerprint density at radius 2 is 0.867 bits per heavy atom. The van der Waals surface area contributed by atoms with Gasteiger partial charge in [0.15, 0.2) is 13.5 Å². The van der Waals surface area contributed by atoms with Gasteiger partial charge >= 0.3 is 12.2 Å². The predicted octanol–water partition coefficient (Wildman–Crippen LogP) is 7.07. The minimum atomic E-state index is -3.48. The van der Waals surface area contributed by atoms with Gasteiger partial charge in [-0.25, -0.2) is 27.4 Å². The van der Waals surface area contributed by atoms with Crippen molar-refractivity contribution >= 4 is 69.2 Å². The van der Waals surface area contributed by atoms with E-state index >= 15 is 0 Å². The van der Waals surface area contributed by atoms with Gasteiger partial charge < -0.3 is 62.2 Å². The zero-order chi connectivity index (χ0) is 74.0. The number of sulfone groups is 1. The van der Waals surface area contributed by atoms with E-state index in [0.29, 0.717) is 38.1 Å². The zero-order valence-corrected chi connectivity index (χ0v) is 62.5. The van der Waals surface area contributed by atoms with Gasteiger partial charge in [-0.1, -0.05) is 144 Å². The largest absolute Gasteiger partial charge is 0.426 e. The van der Waals surface area contributed by atoms with Crippen molar-refractivity contribution in [3.8, 4) is 0 Å². The smallest absolute Gasteiger partial charge is 0.409 e. The third-order valence-electron chi connectivity index (χ3n) is 15.7. The number of benzene rings is 2. The molecule has 550 valence electrons. The van der Waals surface area contributed by atoms with Gasteiger partial charge in [-0.2, -0.15) is 22.0 Å². The predicted molar refractivity (Wildman–Crippen MR) is 381 cm³/mol. The Labute approximate surface area is 585 Å². The highest BCUT2D eigenvalue weighted by atomic mass is 32.2. The van der Waals surface area contributed by atoms with E-state index in [0.717, 1.165) is 40.2 Å². The Morgan fingerprint density at radius 3 is 1.17 bits per heavy atom. The lowest BCUT2D eigenvalue weighted by Gasteiger charge is -2.30. The molecule has 0 aliphatic rings. The number of nitrogens with zero attached hydrogens (tertiary/aromatic N) is 4. The van der Waals surface area contributed by atoms with Gasteiger partial charge in [-0.3, -0.25) is 28.8 Å². The maximum absolute atomic E-state index is 13.5. The van der Waals surface area contributed by atoms with E-state index in [4.69, 9.17) is 9.47 Å². The summed E-state index contributed by atoms with van der Waals surface area (Å²) in [5.41, 5.74) is 5.01. The van der Waals surface area contributed by atoms with Crippen LogP contribution in [0.4, 0.5) is 9.59 Å². The number of thioether (sulfide) groups is 1. The number of aryl methyl sites for hydroxylation is 4. The van der Waals surface area contributed by atoms with Crippen molar-refractivity contribution in [3.63, 3.8) is 0 Å². The maximum atomic E-state index is 13.5. The summed E-state index contributed by atoms with van der Waals surface area (Å²) in [6.07, 6.45) is -0.0516. The molecule has 2 heterocycles. The Bertz CT molecular complexity index is 3200. The van der Waals surface area contributed by atoms with Gasteiger partial charge in [0, 0.05) is 42.6 Å². The lowest BCUT2D eigenvalue weighted by Crippen LogP contribution is -2.54. The van der Waals surface area contributed by atoms with Gasteiger partial charge in [-0.15, -0.1) is 0 Å². The molecule has 0 radical (unpaired) electrons. The first-order valence-electron chi connectivity index (χ1n) is 33.8. The lowest BCUT2D eigenvalue weighted by atomic mass is 9.91. The van der Waals surface area contributed by atoms with E-state index in [2.05, 4.69) is 52.7 Å². The molecule has 28 heteroatoms. The standard InChI is InChI=1S/C34H54N6O8S.C34H54N6O6S.C2H6/c1-21(2)16-28(29(41)17-23(5)31(42)38-30(22(3)4)33(44)35-19-26-12-10-9-11-13-26)36-32(43)27(14-15-49(8,46)47)37-34(45)48-20-40-25(7)18-24(6)39-40;1-21(2)16-28(36-32(43)27(14-15-47-8)37-34(45)46-20-40-25(7)18-24(6)39-40)29(41)17-23(5)31(42)38-30(22(3)4)33(44)35-19-26-12-10-9-11-13-26;1-2/h9-13,18,21-23,27-30,41H,14-17,19-20H2,1-8H3,(H,35,44)(H,36,43)(H,37,45)(H,38,42);9-13,18,21-23,27-30,41H,14-17,19-20H2,1-8H3,(H,35,44)(H,36,43)(H,37,45)(H,38,42);1-2H3/t2*23-,27+,28+,29+,30+;/m11./s1. The van der Waals surface area contributed by atoms with Crippen molar-refractivity contribution in [1.29, 1.82) is 0 Å². The highest BCUT2D eigenvalue weighted by molar-refractivity contribution is 7.98. The SMILES string of the molecule is CC.CSCC[C@H](NC(=O)OCn1nc(C)cc1C)C(=O)N[C@@H](CC(C)C)[C@@H](O)C[C@@H](C)C(=O)N[C@H](C(=O)NCc1ccccc1)C(C)C.Cc1cc(C)n(COC(=O)N[C@@H](CCS(C)(=O)=O)C(=O)N[C@@H](CC(C)C)[C@@H](O)C[C@@H](C)C(=O)N[C@H](C(=O)NCc2ccccc2)C(C)C)n1. The van der Waals surface area contributed by atoms with Crippen LogP contribution in [0.3, 0.4) is 0 Å². The Balaban J connectivity index is 0.000000651. The Hall–Kier alpha value is -7.56. The first-order valence-corrected chi connectivity index (χ1v) is 37.3. The van der Waals surface area contributed by atoms with Gasteiger partial charge in [0.25, 0.3) is 0 Å². The van der Waals surface area contributed by atoms with Crippen molar-refractivity contribution < 1.29 is 66.5 Å². The number of aliphatic hydroxyl groups is 2. The summed E-state index contributed by atoms with van der Waals surface area (Å²) in [7, 11) is -3.48. The van der Waals surface area contributed by atoms with Crippen LogP contribution in [0.2, 0.25) is 0 Å². The molecule has 0 saturated carbocycles. The summed E-state index contributed by atoms with van der Waals surface area (Å²) in [5.74, 6) is -3.92. The van der Waals surface area contributed by atoms with Crippen molar-refractivity contribution in [3.05, 3.63) is 107 Å². The van der Waals surface area contributed by atoms with Crippen LogP contribution in [0, 0.1) is 63.2 Å². The molecule has 0 saturated heterocycles. The third-order valence-corrected chi connectivity index (χ3v) is 17.3. The van der Waals surface area contributed by atoms with Gasteiger partial charge in [-0.05, 0) is 125 Å². The number of aromatic nitrogens is 4. The van der Waals surface area contributed by atoms with E-state index in [1.807, 2.05) is 156 Å². The lowest BCUT2D eigenvalue weighted by molar-refractivity contribution is -0.132. The number of nitrogens with one attached hydrogen (secondary N) is 8. The average molecular weight is 1410 g/mol. The van der Waals surface area contributed by atoms with Gasteiger partial charge in [0.1, 0.15) is 34.0 Å². The summed E-state index contributed by atoms with van der Waals surface area (Å²) in [6.45, 7) is 30.1. The molecule has 10 N–H and O–H groups in total. The van der Waals surface area contributed by atoms with Crippen LogP contribution in [0.5, 0.6) is 0 Å². The molecule has 2 aromatic carbocycles. The van der Waals surface area contributed by atoms with Crippen molar-refractivity contribution in [2.75, 3.05) is 24.0 Å². The van der Waals surface area contributed by atoms with E-state index in [9.17, 15) is 57.0 Å². The quantitative estimate of drug-likeness (QED) is 0.0214. The fraction of sp³-hybridized carbons (Fsp3) is 0.629. The fourth-order valence-electron chi connectivity index (χ4n) is 10.2. The number of aliphatic hydroxyl groups excluding tert-OH is 2. The first kappa shape index (κ1) is 86.5. The van der Waals surface area contributed by atoms with Gasteiger partial charge in [0.05, 0.1) is 41.4 Å². The van der Waals surface area contributed by atoms with Crippen molar-refractivity contribution in [1.82, 2.24) is 62.1 Å². The molecule has 0 bridgehead atoms. The highest BCUT2D eigenvalue weighted by Crippen LogP contribution is 2.20. The maximum Gasteiger partial charge on any atom is 0.409 e. The summed E-state index contributed by atoms with van der Waals surface area (Å²) in [4.78, 5) is 105. The molecule has 10 atom stereocenters. The molecular formula is C70H114N12O14S2. The normalized spacial score (nSPS) is 14.4. The molecule has 8 amide bonds. The number of ether oxygens (including phenoxy) is 2. The number of amides is 8. The number of hydrogen-bond acceptors (Lipinski definition) is 17. The van der Waals surface area contributed by atoms with Crippen LogP contribution in [0.25, 0.3) is 0 Å². The van der Waals surface area contributed by atoms with E-state index < -0.39 is 100 Å². The molecule has 4 rings (SSSR count). The number of hydrogen-bond donors (Lipinski definition) is 10. The average Bonchev–Trinajstić information content (AvgIpc) is 1.01. The second-order valence-electron chi connectivity index (χ2n) is 26.3. The molecule has 0 fully saturated rings. The molecule has 0 aliphatic carbocycles. The van der Waals surface area contributed by atoms with Crippen LogP contribution in [0.15, 0.2) is 72.8 Å². The zero-order valence-electron chi connectivity index (χ0n) is 60.9. The third kappa shape index (κ3) is 33.3. The monoisotopic (exact) mass is 1410 g/mol. The second-order valence-corrected chi connectivity index (χ2v) is 29.6. The topological polar surface area (TPSA) is 361 Å². The number of rotatable bonds is 38. The first-order chi connectivity index (χ1) is 46.1. The molecule has 26 nitrogen and oxygen atoms in total. The molecule has 0 unspecified atom stereocenters. The minimum Gasteiger partial charge on any atom is -0.426 e. The molecule has 0 spiro atoms. The number of carbonyl (C=O) groups is 8. The van der Waals surface area contributed by atoms with E-state index in [1.54, 1.807) is 38.4 Å². The Morgan fingerprint density at radius 1 is 0.510 bits per heavy atom. The molecule has 2 aromatic heterocycles. The fourth-order valence-corrected chi connectivity index (χ4v) is 11.4. The summed E-state index contributed by atoms with van der Waals surface area (Å²) in [6, 6.07) is 17.4. The molecular weight excluding hydrogens is 1300 g/mol. The van der Waals surface area contributed by atoms with Crippen molar-refractivity contribution in [2.24, 2.45) is 35.5 Å². The van der Waals surface area contributed by atoms with Crippen LogP contribution in [0.1, 0.15) is 156 Å². The van der Waals surface area contributed by atoms with Crippen LogP contribution in [-0.2, 0) is 74.6 Å². The second kappa shape index (κ2) is 44.5. The van der Waals surface area contributed by atoms with Crippen LogP contribution >= 0.6 is 11.8 Å². The summed E-state index contributed by atoms with van der Waals surface area (Å²) < 4.78 is 37.4. The number of alkyl carbamates (subject to hydrolysis) is 2. The minimum absolute atomic E-state index is 0.0240. The summed E-state index contributed by atoms with van der Waals surface area (Å²) in [5, 5.41) is 53.2.